The number of piperazine rings is 1. The number of hydrogen-bond acceptors (Lipinski definition) is 6. The first-order valence-electron chi connectivity index (χ1n) is 12.3. The highest BCUT2D eigenvalue weighted by Gasteiger charge is 2.35. The van der Waals surface area contributed by atoms with Crippen LogP contribution in [0.2, 0.25) is 0 Å². The summed E-state index contributed by atoms with van der Waals surface area (Å²) < 4.78 is 40.3. The SMILES string of the molecule is O=C(CN1CCN(Cc2ccccc2)CC1)N1c2ccccc2Sc2ccc(C(F)(F)F)cc21.O=C(O)C(=O)O. The lowest BCUT2D eigenvalue weighted by Gasteiger charge is -2.37. The van der Waals surface area contributed by atoms with E-state index in [4.69, 9.17) is 19.8 Å². The first-order valence-corrected chi connectivity index (χ1v) is 13.1. The monoisotopic (exact) mass is 573 g/mol. The molecule has 0 spiro atoms. The molecule has 3 aromatic carbocycles. The van der Waals surface area contributed by atoms with Gasteiger partial charge in [0.2, 0.25) is 5.91 Å². The number of amides is 1. The number of nitrogens with zero attached hydrogens (tertiary/aromatic N) is 3. The number of carbonyl (C=O) groups is 3. The average Bonchev–Trinajstić information content (AvgIpc) is 2.92. The second-order valence-electron chi connectivity index (χ2n) is 9.13. The molecule has 3 aromatic rings. The topological polar surface area (TPSA) is 101 Å². The third kappa shape index (κ3) is 7.20. The van der Waals surface area contributed by atoms with Crippen LogP contribution < -0.4 is 4.90 Å². The van der Waals surface area contributed by atoms with Crippen molar-refractivity contribution in [3.8, 4) is 0 Å². The Morgan fingerprint density at radius 1 is 0.750 bits per heavy atom. The molecular formula is C28H26F3N3O5S. The van der Waals surface area contributed by atoms with E-state index in [9.17, 15) is 18.0 Å². The average molecular weight is 574 g/mol. The summed E-state index contributed by atoms with van der Waals surface area (Å²) in [7, 11) is 0. The largest absolute Gasteiger partial charge is 0.473 e. The molecule has 1 amide bonds. The Morgan fingerprint density at radius 3 is 1.95 bits per heavy atom. The molecule has 2 N–H and O–H groups in total. The second-order valence-corrected chi connectivity index (χ2v) is 10.2. The molecule has 0 aromatic heterocycles. The number of rotatable bonds is 4. The van der Waals surface area contributed by atoms with E-state index in [1.165, 1.54) is 28.3 Å². The van der Waals surface area contributed by atoms with Crippen molar-refractivity contribution >= 4 is 41.0 Å². The van der Waals surface area contributed by atoms with E-state index in [0.29, 0.717) is 16.3 Å². The summed E-state index contributed by atoms with van der Waals surface area (Å²) in [5, 5.41) is 14.8. The summed E-state index contributed by atoms with van der Waals surface area (Å²) in [6, 6.07) is 21.3. The zero-order valence-corrected chi connectivity index (χ0v) is 22.0. The molecule has 0 radical (unpaired) electrons. The third-order valence-electron chi connectivity index (χ3n) is 6.36. The first kappa shape index (κ1) is 29.1. The van der Waals surface area contributed by atoms with Crippen LogP contribution in [0.3, 0.4) is 0 Å². The molecule has 2 heterocycles. The highest BCUT2D eigenvalue weighted by atomic mass is 32.2. The number of alkyl halides is 3. The predicted octanol–water partition coefficient (Wildman–Crippen LogP) is 4.81. The summed E-state index contributed by atoms with van der Waals surface area (Å²) in [4.78, 5) is 39.1. The van der Waals surface area contributed by atoms with Crippen LogP contribution in [0.5, 0.6) is 0 Å². The van der Waals surface area contributed by atoms with Gasteiger partial charge in [-0.15, -0.1) is 0 Å². The van der Waals surface area contributed by atoms with Gasteiger partial charge in [0.05, 0.1) is 23.5 Å². The van der Waals surface area contributed by atoms with Crippen LogP contribution in [-0.4, -0.2) is 70.6 Å². The minimum atomic E-state index is -4.47. The molecule has 210 valence electrons. The van der Waals surface area contributed by atoms with Gasteiger partial charge >= 0.3 is 18.1 Å². The van der Waals surface area contributed by atoms with Gasteiger partial charge in [0.1, 0.15) is 0 Å². The van der Waals surface area contributed by atoms with Crippen LogP contribution in [0.4, 0.5) is 24.5 Å². The Bertz CT molecular complexity index is 1370. The molecule has 8 nitrogen and oxygen atoms in total. The Morgan fingerprint density at radius 2 is 1.32 bits per heavy atom. The zero-order valence-electron chi connectivity index (χ0n) is 21.2. The number of halogens is 3. The maximum Gasteiger partial charge on any atom is 0.416 e. The molecule has 2 aliphatic heterocycles. The van der Waals surface area contributed by atoms with Gasteiger partial charge < -0.3 is 10.2 Å². The Balaban J connectivity index is 0.000000557. The number of carbonyl (C=O) groups excluding carboxylic acids is 1. The quantitative estimate of drug-likeness (QED) is 0.429. The standard InChI is InChI=1S/C26H24F3N3OS.C2H2O4/c27-26(28,29)20-10-11-24-22(16-20)32(21-8-4-5-9-23(21)34-24)25(33)18-31-14-12-30(13-15-31)17-19-6-2-1-3-7-19;3-1(4)2(5)6/h1-11,16H,12-15,17-18H2;(H,3,4)(H,5,6). The fraction of sp³-hybridized carbons (Fsp3) is 0.250. The van der Waals surface area contributed by atoms with Crippen molar-refractivity contribution < 1.29 is 37.8 Å². The van der Waals surface area contributed by atoms with Gasteiger partial charge in [-0.2, -0.15) is 13.2 Å². The van der Waals surface area contributed by atoms with Gasteiger partial charge in [0, 0.05) is 42.5 Å². The molecule has 1 saturated heterocycles. The van der Waals surface area contributed by atoms with Gasteiger partial charge in [-0.3, -0.25) is 19.5 Å². The molecule has 12 heteroatoms. The highest BCUT2D eigenvalue weighted by molar-refractivity contribution is 7.99. The van der Waals surface area contributed by atoms with Crippen molar-refractivity contribution in [1.82, 2.24) is 9.80 Å². The van der Waals surface area contributed by atoms with E-state index in [2.05, 4.69) is 21.9 Å². The van der Waals surface area contributed by atoms with Crippen molar-refractivity contribution in [2.75, 3.05) is 37.6 Å². The molecule has 0 atom stereocenters. The van der Waals surface area contributed by atoms with E-state index >= 15 is 0 Å². The maximum atomic E-state index is 13.5. The smallest absolute Gasteiger partial charge is 0.416 e. The number of aliphatic carboxylic acids is 2. The number of benzene rings is 3. The van der Waals surface area contributed by atoms with E-state index < -0.39 is 23.7 Å². The lowest BCUT2D eigenvalue weighted by atomic mass is 10.1. The Labute approximate surface area is 232 Å². The number of para-hydroxylation sites is 1. The van der Waals surface area contributed by atoms with E-state index in [1.807, 2.05) is 30.3 Å². The number of carboxylic acid groups (broad SMARTS) is 2. The molecule has 40 heavy (non-hydrogen) atoms. The summed E-state index contributed by atoms with van der Waals surface area (Å²) in [5.74, 6) is -3.87. The number of fused-ring (bicyclic) bond motifs is 2. The van der Waals surface area contributed by atoms with Crippen LogP contribution in [-0.2, 0) is 27.1 Å². The molecule has 0 saturated carbocycles. The van der Waals surface area contributed by atoms with Crippen molar-refractivity contribution in [3.63, 3.8) is 0 Å². The van der Waals surface area contributed by atoms with Crippen molar-refractivity contribution in [2.24, 2.45) is 0 Å². The summed E-state index contributed by atoms with van der Waals surface area (Å²) >= 11 is 1.39. The van der Waals surface area contributed by atoms with Crippen molar-refractivity contribution in [1.29, 1.82) is 0 Å². The fourth-order valence-electron chi connectivity index (χ4n) is 4.41. The Kier molecular flexibility index (Phi) is 9.13. The number of hydrogen-bond donors (Lipinski definition) is 2. The minimum Gasteiger partial charge on any atom is -0.473 e. The van der Waals surface area contributed by atoms with Gasteiger partial charge in [-0.1, -0.05) is 54.2 Å². The van der Waals surface area contributed by atoms with Crippen molar-refractivity contribution in [3.05, 3.63) is 83.9 Å². The summed E-state index contributed by atoms with van der Waals surface area (Å²) in [5.41, 5.74) is 1.43. The van der Waals surface area contributed by atoms with E-state index in [1.54, 1.807) is 12.1 Å². The normalized spacial score (nSPS) is 15.3. The maximum absolute atomic E-state index is 13.5. The number of anilines is 2. The molecule has 0 bridgehead atoms. The lowest BCUT2D eigenvalue weighted by molar-refractivity contribution is -0.159. The van der Waals surface area contributed by atoms with E-state index in [-0.39, 0.29) is 12.5 Å². The second kappa shape index (κ2) is 12.5. The molecule has 0 aliphatic carbocycles. The summed E-state index contributed by atoms with van der Waals surface area (Å²) in [6.07, 6.45) is -4.47. The zero-order chi connectivity index (χ0) is 28.9. The van der Waals surface area contributed by atoms with Gasteiger partial charge in [-0.25, -0.2) is 9.59 Å². The first-order chi connectivity index (χ1) is 19.0. The molecular weight excluding hydrogens is 547 g/mol. The molecule has 0 unspecified atom stereocenters. The van der Waals surface area contributed by atoms with Crippen LogP contribution in [0, 0.1) is 0 Å². The van der Waals surface area contributed by atoms with Crippen LogP contribution in [0.25, 0.3) is 0 Å². The predicted molar refractivity (Wildman–Crippen MR) is 143 cm³/mol. The molecule has 5 rings (SSSR count). The van der Waals surface area contributed by atoms with Gasteiger partial charge in [0.15, 0.2) is 0 Å². The van der Waals surface area contributed by atoms with Gasteiger partial charge in [0.25, 0.3) is 0 Å². The number of carboxylic acids is 2. The van der Waals surface area contributed by atoms with Gasteiger partial charge in [-0.05, 0) is 35.9 Å². The summed E-state index contributed by atoms with van der Waals surface area (Å²) in [6.45, 7) is 4.17. The minimum absolute atomic E-state index is 0.161. The van der Waals surface area contributed by atoms with E-state index in [0.717, 1.165) is 49.8 Å². The third-order valence-corrected chi connectivity index (χ3v) is 7.49. The Hall–Kier alpha value is -3.87. The fourth-order valence-corrected chi connectivity index (χ4v) is 5.45. The molecule has 2 aliphatic rings. The van der Waals surface area contributed by atoms with Crippen LogP contribution in [0.15, 0.2) is 82.6 Å². The van der Waals surface area contributed by atoms with Crippen molar-refractivity contribution in [2.45, 2.75) is 22.5 Å². The van der Waals surface area contributed by atoms with Crippen LogP contribution >= 0.6 is 11.8 Å². The lowest BCUT2D eigenvalue weighted by Crippen LogP contribution is -2.49. The van der Waals surface area contributed by atoms with Crippen LogP contribution in [0.1, 0.15) is 11.1 Å². The molecule has 1 fully saturated rings. The highest BCUT2D eigenvalue weighted by Crippen LogP contribution is 2.49.